The molecule has 0 aliphatic carbocycles. The number of aryl methyl sites for hydroxylation is 2. The first-order valence-corrected chi connectivity index (χ1v) is 9.56. The molecule has 3 N–H and O–H groups in total. The summed E-state index contributed by atoms with van der Waals surface area (Å²) < 4.78 is 9.91. The maximum Gasteiger partial charge on any atom is 0.330 e. The number of hydrogen-bond donors (Lipinski definition) is 3. The Kier molecular flexibility index (Phi) is 5.29. The summed E-state index contributed by atoms with van der Waals surface area (Å²) in [6.07, 6.45) is 2.13. The smallest absolute Gasteiger partial charge is 0.330 e. The fraction of sp³-hybridized carbons (Fsp3) is 0.444. The van der Waals surface area contributed by atoms with Gasteiger partial charge in [0.25, 0.3) is 11.1 Å². The average molecular weight is 431 g/mol. The quantitative estimate of drug-likeness (QED) is 0.416. The summed E-state index contributed by atoms with van der Waals surface area (Å²) in [5.41, 5.74) is -0.814. The van der Waals surface area contributed by atoms with Gasteiger partial charge in [0.1, 0.15) is 12.3 Å². The van der Waals surface area contributed by atoms with E-state index in [2.05, 4.69) is 20.3 Å². The molecule has 0 bridgehead atoms. The number of H-pyrrole nitrogens is 2. The van der Waals surface area contributed by atoms with Crippen LogP contribution in [-0.2, 0) is 17.8 Å². The zero-order valence-electron chi connectivity index (χ0n) is 16.8. The molecule has 0 amide bonds. The molecule has 13 nitrogen and oxygen atoms in total. The van der Waals surface area contributed by atoms with E-state index in [0.29, 0.717) is 16.8 Å². The maximum atomic E-state index is 12.1. The number of aliphatic hydroxyl groups is 1. The minimum Gasteiger partial charge on any atom is -0.390 e. The van der Waals surface area contributed by atoms with Gasteiger partial charge in [-0.25, -0.2) is 14.3 Å². The van der Waals surface area contributed by atoms with Crippen molar-refractivity contribution < 1.29 is 9.84 Å². The van der Waals surface area contributed by atoms with Crippen LogP contribution in [0, 0.1) is 13.8 Å². The lowest BCUT2D eigenvalue weighted by Crippen LogP contribution is -2.34. The van der Waals surface area contributed by atoms with Crippen LogP contribution >= 0.6 is 0 Å². The second kappa shape index (κ2) is 7.92. The molecule has 4 rings (SSSR count). The highest BCUT2D eigenvalue weighted by atomic mass is 16.5. The van der Waals surface area contributed by atoms with Crippen LogP contribution in [0.2, 0.25) is 0 Å². The third-order valence-corrected chi connectivity index (χ3v) is 5.23. The summed E-state index contributed by atoms with van der Waals surface area (Å²) in [5.74, 6) is 0. The molecule has 1 aliphatic heterocycles. The van der Waals surface area contributed by atoms with Crippen molar-refractivity contribution in [3.05, 3.63) is 77.1 Å². The average Bonchev–Trinajstić information content (AvgIpc) is 3.29. The van der Waals surface area contributed by atoms with E-state index in [1.54, 1.807) is 13.8 Å². The Labute approximate surface area is 173 Å². The molecule has 0 aromatic carbocycles. The van der Waals surface area contributed by atoms with Gasteiger partial charge in [-0.15, -0.1) is 5.10 Å². The van der Waals surface area contributed by atoms with E-state index >= 15 is 0 Å². The standard InChI is InChI=1S/C18H21N7O6/c1-9-5-23(17(29)20-15(9)27)7-11-4-19-22-25(11)8-13-12(26)3-14(31-13)24-6-10(2)16(28)21-18(24)30/h4-6,12-14,26H,3,7-8H2,1-2H3,(H,20,27,29)(H,21,28,30). The zero-order valence-corrected chi connectivity index (χ0v) is 16.8. The first kappa shape index (κ1) is 20.7. The lowest BCUT2D eigenvalue weighted by molar-refractivity contribution is -0.0306. The van der Waals surface area contributed by atoms with Gasteiger partial charge in [0, 0.05) is 29.9 Å². The zero-order chi connectivity index (χ0) is 22.3. The van der Waals surface area contributed by atoms with Gasteiger partial charge in [-0.1, -0.05) is 5.21 Å². The third-order valence-electron chi connectivity index (χ3n) is 5.23. The van der Waals surface area contributed by atoms with Gasteiger partial charge in [0.2, 0.25) is 0 Å². The van der Waals surface area contributed by atoms with Crippen molar-refractivity contribution in [3.8, 4) is 0 Å². The molecule has 31 heavy (non-hydrogen) atoms. The van der Waals surface area contributed by atoms with Crippen LogP contribution in [0.5, 0.6) is 0 Å². The minimum atomic E-state index is -0.890. The monoisotopic (exact) mass is 431 g/mol. The van der Waals surface area contributed by atoms with Gasteiger partial charge in [-0.05, 0) is 13.8 Å². The largest absolute Gasteiger partial charge is 0.390 e. The molecule has 0 radical (unpaired) electrons. The number of rotatable bonds is 5. The minimum absolute atomic E-state index is 0.105. The van der Waals surface area contributed by atoms with Crippen molar-refractivity contribution in [2.24, 2.45) is 0 Å². The topological polar surface area (TPSA) is 170 Å². The number of aromatic nitrogens is 7. The summed E-state index contributed by atoms with van der Waals surface area (Å²) in [4.78, 5) is 51.7. The molecule has 1 fully saturated rings. The second-order valence-corrected chi connectivity index (χ2v) is 7.52. The van der Waals surface area contributed by atoms with Crippen LogP contribution in [0.15, 0.2) is 37.8 Å². The van der Waals surface area contributed by atoms with E-state index in [0.717, 1.165) is 0 Å². The Morgan fingerprint density at radius 3 is 2.52 bits per heavy atom. The first-order valence-electron chi connectivity index (χ1n) is 9.56. The predicted octanol–water partition coefficient (Wildman–Crippen LogP) is -2.01. The fourth-order valence-corrected chi connectivity index (χ4v) is 3.49. The van der Waals surface area contributed by atoms with E-state index in [9.17, 15) is 24.3 Å². The molecular formula is C18H21N7O6. The van der Waals surface area contributed by atoms with Gasteiger partial charge < -0.3 is 9.84 Å². The molecule has 3 atom stereocenters. The number of ether oxygens (including phenoxy) is 1. The highest BCUT2D eigenvalue weighted by Gasteiger charge is 2.36. The van der Waals surface area contributed by atoms with Crippen molar-refractivity contribution in [2.45, 2.75) is 51.8 Å². The first-order chi connectivity index (χ1) is 14.7. The van der Waals surface area contributed by atoms with E-state index in [1.807, 2.05) is 0 Å². The van der Waals surface area contributed by atoms with Gasteiger partial charge in [0.05, 0.1) is 31.1 Å². The van der Waals surface area contributed by atoms with Crippen LogP contribution in [0.25, 0.3) is 0 Å². The lowest BCUT2D eigenvalue weighted by Gasteiger charge is -2.17. The summed E-state index contributed by atoms with van der Waals surface area (Å²) in [7, 11) is 0. The number of nitrogens with one attached hydrogen (secondary N) is 2. The van der Waals surface area contributed by atoms with E-state index in [4.69, 9.17) is 4.74 Å². The van der Waals surface area contributed by atoms with Crippen LogP contribution in [-0.4, -0.2) is 51.4 Å². The molecule has 1 saturated heterocycles. The second-order valence-electron chi connectivity index (χ2n) is 7.52. The van der Waals surface area contributed by atoms with Crippen molar-refractivity contribution in [3.63, 3.8) is 0 Å². The Bertz CT molecular complexity index is 1350. The molecule has 0 spiro atoms. The predicted molar refractivity (Wildman–Crippen MR) is 106 cm³/mol. The molecule has 4 heterocycles. The van der Waals surface area contributed by atoms with Crippen molar-refractivity contribution in [2.75, 3.05) is 0 Å². The fourth-order valence-electron chi connectivity index (χ4n) is 3.49. The summed E-state index contributed by atoms with van der Waals surface area (Å²) in [6.45, 7) is 3.39. The molecule has 3 aromatic heterocycles. The Hall–Kier alpha value is -3.58. The Morgan fingerprint density at radius 2 is 1.77 bits per heavy atom. The summed E-state index contributed by atoms with van der Waals surface area (Å²) in [6, 6.07) is 0. The SMILES string of the molecule is Cc1cn(Cc2cnnn2CC2OC(n3cc(C)c(=O)[nH]c3=O)CC2O)c(=O)[nH]c1=O. The highest BCUT2D eigenvalue weighted by molar-refractivity contribution is 5.05. The number of nitrogens with zero attached hydrogens (tertiary/aromatic N) is 5. The Morgan fingerprint density at radius 1 is 1.10 bits per heavy atom. The molecule has 0 saturated carbocycles. The van der Waals surface area contributed by atoms with Gasteiger partial charge in [-0.2, -0.15) is 0 Å². The van der Waals surface area contributed by atoms with E-state index < -0.39 is 40.9 Å². The Balaban J connectivity index is 1.53. The molecule has 164 valence electrons. The molecule has 13 heteroatoms. The van der Waals surface area contributed by atoms with Crippen LogP contribution in [0.1, 0.15) is 29.5 Å². The van der Waals surface area contributed by atoms with Gasteiger partial charge in [0.15, 0.2) is 0 Å². The van der Waals surface area contributed by atoms with Crippen LogP contribution in [0.3, 0.4) is 0 Å². The van der Waals surface area contributed by atoms with Crippen molar-refractivity contribution >= 4 is 0 Å². The number of aromatic amines is 2. The lowest BCUT2D eigenvalue weighted by atomic mass is 10.2. The van der Waals surface area contributed by atoms with Gasteiger partial charge >= 0.3 is 11.4 Å². The number of hydrogen-bond acceptors (Lipinski definition) is 8. The van der Waals surface area contributed by atoms with Gasteiger partial charge in [-0.3, -0.25) is 28.7 Å². The third kappa shape index (κ3) is 4.04. The summed E-state index contributed by atoms with van der Waals surface area (Å²) >= 11 is 0. The summed E-state index contributed by atoms with van der Waals surface area (Å²) in [5, 5.41) is 18.3. The van der Waals surface area contributed by atoms with Crippen LogP contribution in [0.4, 0.5) is 0 Å². The van der Waals surface area contributed by atoms with Crippen molar-refractivity contribution in [1.29, 1.82) is 0 Å². The molecule has 3 aromatic rings. The maximum absolute atomic E-state index is 12.1. The van der Waals surface area contributed by atoms with E-state index in [1.165, 1.54) is 32.4 Å². The van der Waals surface area contributed by atoms with Crippen LogP contribution < -0.4 is 22.5 Å². The molecule has 3 unspecified atom stereocenters. The molecule has 1 aliphatic rings. The van der Waals surface area contributed by atoms with E-state index in [-0.39, 0.29) is 19.5 Å². The molecular weight excluding hydrogens is 410 g/mol. The van der Waals surface area contributed by atoms with Crippen molar-refractivity contribution in [1.82, 2.24) is 34.1 Å². The number of aliphatic hydroxyl groups excluding tert-OH is 1. The highest BCUT2D eigenvalue weighted by Crippen LogP contribution is 2.28. The normalized spacial score (nSPS) is 20.9.